The van der Waals surface area contributed by atoms with Crippen LogP contribution in [0.4, 0.5) is 8.78 Å². The van der Waals surface area contributed by atoms with Gasteiger partial charge in [0.25, 0.3) is 0 Å². The topological polar surface area (TPSA) is 12.0 Å². The van der Waals surface area contributed by atoms with E-state index in [1.54, 1.807) is 0 Å². The molecule has 0 aromatic heterocycles. The zero-order valence-corrected chi connectivity index (χ0v) is 12.7. The molecule has 0 aliphatic heterocycles. The standard InChI is InChI=1S/C18H21F2N/c1-4-10-21-18(14-11-12(2)8-9-13(14)3)17-15(19)6-5-7-16(17)20/h5-9,11,18,21H,4,10H2,1-3H3. The molecule has 1 N–H and O–H groups in total. The molecule has 0 saturated carbocycles. The summed E-state index contributed by atoms with van der Waals surface area (Å²) in [5.74, 6) is -1.02. The summed E-state index contributed by atoms with van der Waals surface area (Å²) in [4.78, 5) is 0. The Hall–Kier alpha value is -1.74. The van der Waals surface area contributed by atoms with Gasteiger partial charge in [-0.1, -0.05) is 36.8 Å². The van der Waals surface area contributed by atoms with E-state index in [4.69, 9.17) is 0 Å². The second-order valence-corrected chi connectivity index (χ2v) is 5.38. The van der Waals surface area contributed by atoms with Crippen LogP contribution in [0.5, 0.6) is 0 Å². The summed E-state index contributed by atoms with van der Waals surface area (Å²) in [6, 6.07) is 9.54. The first-order valence-corrected chi connectivity index (χ1v) is 7.29. The van der Waals surface area contributed by atoms with Crippen molar-refractivity contribution in [3.05, 3.63) is 70.3 Å². The number of hydrogen-bond acceptors (Lipinski definition) is 1. The van der Waals surface area contributed by atoms with Gasteiger partial charge in [0.2, 0.25) is 0 Å². The van der Waals surface area contributed by atoms with Gasteiger partial charge < -0.3 is 5.32 Å². The smallest absolute Gasteiger partial charge is 0.131 e. The van der Waals surface area contributed by atoms with Crippen molar-refractivity contribution >= 4 is 0 Å². The molecule has 2 aromatic rings. The summed E-state index contributed by atoms with van der Waals surface area (Å²) in [6.07, 6.45) is 0.900. The molecule has 0 bridgehead atoms. The molecule has 0 aliphatic carbocycles. The highest BCUT2D eigenvalue weighted by molar-refractivity contribution is 5.40. The minimum absolute atomic E-state index is 0.0969. The monoisotopic (exact) mass is 289 g/mol. The Bertz CT molecular complexity index is 602. The van der Waals surface area contributed by atoms with E-state index in [2.05, 4.69) is 5.32 Å². The highest BCUT2D eigenvalue weighted by Gasteiger charge is 2.22. The first-order valence-electron chi connectivity index (χ1n) is 7.29. The molecule has 1 unspecified atom stereocenters. The lowest BCUT2D eigenvalue weighted by Gasteiger charge is -2.23. The summed E-state index contributed by atoms with van der Waals surface area (Å²) in [5, 5.41) is 3.27. The molecule has 0 spiro atoms. The van der Waals surface area contributed by atoms with Crippen LogP contribution in [-0.4, -0.2) is 6.54 Å². The van der Waals surface area contributed by atoms with Crippen molar-refractivity contribution in [2.24, 2.45) is 0 Å². The fourth-order valence-electron chi connectivity index (χ4n) is 2.51. The number of nitrogens with one attached hydrogen (secondary N) is 1. The van der Waals surface area contributed by atoms with Crippen LogP contribution in [0.25, 0.3) is 0 Å². The molecular weight excluding hydrogens is 268 g/mol. The normalized spacial score (nSPS) is 12.4. The Morgan fingerprint density at radius 1 is 1.05 bits per heavy atom. The van der Waals surface area contributed by atoms with E-state index in [1.165, 1.54) is 18.2 Å². The number of halogens is 2. The van der Waals surface area contributed by atoms with Crippen LogP contribution < -0.4 is 5.32 Å². The minimum Gasteiger partial charge on any atom is -0.306 e. The SMILES string of the molecule is CCCNC(c1cc(C)ccc1C)c1c(F)cccc1F. The van der Waals surface area contributed by atoms with Crippen LogP contribution in [0.15, 0.2) is 36.4 Å². The second kappa shape index (κ2) is 6.81. The van der Waals surface area contributed by atoms with Crippen molar-refractivity contribution < 1.29 is 8.78 Å². The van der Waals surface area contributed by atoms with Gasteiger partial charge in [0, 0.05) is 5.56 Å². The van der Waals surface area contributed by atoms with E-state index < -0.39 is 17.7 Å². The van der Waals surface area contributed by atoms with Crippen LogP contribution in [0.2, 0.25) is 0 Å². The Morgan fingerprint density at radius 3 is 2.33 bits per heavy atom. The third-order valence-corrected chi connectivity index (χ3v) is 3.63. The second-order valence-electron chi connectivity index (χ2n) is 5.38. The van der Waals surface area contributed by atoms with Crippen LogP contribution in [0.1, 0.15) is 41.6 Å². The van der Waals surface area contributed by atoms with Gasteiger partial charge in [0.05, 0.1) is 6.04 Å². The lowest BCUT2D eigenvalue weighted by atomic mass is 9.92. The van der Waals surface area contributed by atoms with Crippen molar-refractivity contribution in [2.45, 2.75) is 33.2 Å². The van der Waals surface area contributed by atoms with Crippen LogP contribution in [0, 0.1) is 25.5 Å². The largest absolute Gasteiger partial charge is 0.306 e. The number of hydrogen-bond donors (Lipinski definition) is 1. The van der Waals surface area contributed by atoms with E-state index in [1.807, 2.05) is 39.0 Å². The predicted octanol–water partition coefficient (Wildman–Crippen LogP) is 4.67. The molecule has 0 fully saturated rings. The van der Waals surface area contributed by atoms with E-state index in [0.717, 1.165) is 23.1 Å². The van der Waals surface area contributed by atoms with Gasteiger partial charge in [-0.3, -0.25) is 0 Å². The maximum absolute atomic E-state index is 14.2. The van der Waals surface area contributed by atoms with Gasteiger partial charge >= 0.3 is 0 Å². The zero-order valence-electron chi connectivity index (χ0n) is 12.7. The summed E-state index contributed by atoms with van der Waals surface area (Å²) >= 11 is 0. The molecule has 0 amide bonds. The summed E-state index contributed by atoms with van der Waals surface area (Å²) in [6.45, 7) is 6.68. The summed E-state index contributed by atoms with van der Waals surface area (Å²) in [5.41, 5.74) is 3.12. The molecule has 0 heterocycles. The molecule has 0 saturated heterocycles. The fraction of sp³-hybridized carbons (Fsp3) is 0.333. The van der Waals surface area contributed by atoms with Gasteiger partial charge in [-0.2, -0.15) is 0 Å². The fourth-order valence-corrected chi connectivity index (χ4v) is 2.51. The van der Waals surface area contributed by atoms with Crippen LogP contribution in [0.3, 0.4) is 0 Å². The van der Waals surface area contributed by atoms with Crippen LogP contribution in [-0.2, 0) is 0 Å². The first kappa shape index (κ1) is 15.6. The van der Waals surface area contributed by atoms with Gasteiger partial charge in [-0.15, -0.1) is 0 Å². The molecule has 1 nitrogen and oxygen atoms in total. The lowest BCUT2D eigenvalue weighted by molar-refractivity contribution is 0.502. The molecule has 2 aromatic carbocycles. The quantitative estimate of drug-likeness (QED) is 0.843. The predicted molar refractivity (Wildman–Crippen MR) is 82.4 cm³/mol. The number of benzene rings is 2. The van der Waals surface area contributed by atoms with E-state index in [0.29, 0.717) is 6.54 Å². The van der Waals surface area contributed by atoms with Gasteiger partial charge in [0.1, 0.15) is 11.6 Å². The van der Waals surface area contributed by atoms with Gasteiger partial charge in [-0.25, -0.2) is 8.78 Å². The zero-order chi connectivity index (χ0) is 15.4. The van der Waals surface area contributed by atoms with E-state index >= 15 is 0 Å². The van der Waals surface area contributed by atoms with Gasteiger partial charge in [0.15, 0.2) is 0 Å². The van der Waals surface area contributed by atoms with Crippen molar-refractivity contribution in [1.82, 2.24) is 5.32 Å². The molecule has 3 heteroatoms. The van der Waals surface area contributed by atoms with Crippen molar-refractivity contribution in [3.8, 4) is 0 Å². The minimum atomic E-state index is -0.510. The number of rotatable bonds is 5. The Kier molecular flexibility index (Phi) is 5.07. The maximum Gasteiger partial charge on any atom is 0.131 e. The highest BCUT2D eigenvalue weighted by Crippen LogP contribution is 2.29. The van der Waals surface area contributed by atoms with E-state index in [-0.39, 0.29) is 5.56 Å². The molecule has 112 valence electrons. The Morgan fingerprint density at radius 2 is 1.71 bits per heavy atom. The molecule has 21 heavy (non-hydrogen) atoms. The van der Waals surface area contributed by atoms with Crippen LogP contribution >= 0.6 is 0 Å². The molecular formula is C18H21F2N. The number of aryl methyl sites for hydroxylation is 2. The van der Waals surface area contributed by atoms with Gasteiger partial charge in [-0.05, 0) is 50.1 Å². The average Bonchev–Trinajstić information content (AvgIpc) is 2.45. The first-order chi connectivity index (χ1) is 10.0. The third kappa shape index (κ3) is 3.48. The highest BCUT2D eigenvalue weighted by atomic mass is 19.1. The van der Waals surface area contributed by atoms with Crippen molar-refractivity contribution in [3.63, 3.8) is 0 Å². The molecule has 2 rings (SSSR count). The van der Waals surface area contributed by atoms with Crippen molar-refractivity contribution in [2.75, 3.05) is 6.54 Å². The molecule has 0 aliphatic rings. The summed E-state index contributed by atoms with van der Waals surface area (Å²) in [7, 11) is 0. The Balaban J connectivity index is 2.55. The molecule has 1 atom stereocenters. The third-order valence-electron chi connectivity index (χ3n) is 3.63. The van der Waals surface area contributed by atoms with E-state index in [9.17, 15) is 8.78 Å². The average molecular weight is 289 g/mol. The molecule has 0 radical (unpaired) electrons. The Labute approximate surface area is 125 Å². The summed E-state index contributed by atoms with van der Waals surface area (Å²) < 4.78 is 28.3. The van der Waals surface area contributed by atoms with Crippen molar-refractivity contribution in [1.29, 1.82) is 0 Å². The lowest BCUT2D eigenvalue weighted by Crippen LogP contribution is -2.26. The maximum atomic E-state index is 14.2.